The van der Waals surface area contributed by atoms with Gasteiger partial charge in [-0.2, -0.15) is 5.01 Å². The standard InChI is InChI=1S/C27H22BrClN2O4S2/c1-3-34-22-12-17(11-21(28)24(22)35-15-19-8-5-4-7-16(19)2)13-23-26(33)31(27(36)37-23)30-25(32)18-9-6-10-20(29)14-18/h4-14H,3,15H2,1-2H3,(H,30,32)/b23-13-. The summed E-state index contributed by atoms with van der Waals surface area (Å²) in [6.07, 6.45) is 1.70. The van der Waals surface area contributed by atoms with Gasteiger partial charge in [-0.05, 0) is 95.1 Å². The molecule has 0 aliphatic carbocycles. The summed E-state index contributed by atoms with van der Waals surface area (Å²) in [7, 11) is 0. The first kappa shape index (κ1) is 27.2. The fraction of sp³-hybridized carbons (Fsp3) is 0.148. The van der Waals surface area contributed by atoms with Crippen molar-refractivity contribution < 1.29 is 19.1 Å². The maximum atomic E-state index is 13.0. The predicted octanol–water partition coefficient (Wildman–Crippen LogP) is 6.93. The van der Waals surface area contributed by atoms with Crippen molar-refractivity contribution >= 4 is 73.7 Å². The van der Waals surface area contributed by atoms with Gasteiger partial charge in [-0.3, -0.25) is 15.0 Å². The highest BCUT2D eigenvalue weighted by Crippen LogP contribution is 2.39. The van der Waals surface area contributed by atoms with Crippen molar-refractivity contribution in [2.45, 2.75) is 20.5 Å². The largest absolute Gasteiger partial charge is 0.490 e. The molecule has 1 heterocycles. The Morgan fingerprint density at radius 2 is 1.95 bits per heavy atom. The summed E-state index contributed by atoms with van der Waals surface area (Å²) in [4.78, 5) is 26.0. The van der Waals surface area contributed by atoms with Gasteiger partial charge in [0.15, 0.2) is 15.8 Å². The van der Waals surface area contributed by atoms with Gasteiger partial charge in [-0.25, -0.2) is 0 Å². The number of aryl methyl sites for hydroxylation is 1. The molecule has 0 aromatic heterocycles. The highest BCUT2D eigenvalue weighted by Gasteiger charge is 2.34. The molecule has 3 aromatic carbocycles. The zero-order valence-corrected chi connectivity index (χ0v) is 23.9. The van der Waals surface area contributed by atoms with Crippen molar-refractivity contribution in [3.8, 4) is 11.5 Å². The molecule has 37 heavy (non-hydrogen) atoms. The number of hydrogen-bond acceptors (Lipinski definition) is 6. The Kier molecular flexibility index (Phi) is 8.91. The average molecular weight is 618 g/mol. The minimum Gasteiger partial charge on any atom is -0.490 e. The lowest BCUT2D eigenvalue weighted by molar-refractivity contribution is -0.123. The Labute approximate surface area is 238 Å². The number of hydrazine groups is 1. The van der Waals surface area contributed by atoms with Crippen LogP contribution in [0.15, 0.2) is 70.0 Å². The quantitative estimate of drug-likeness (QED) is 0.218. The smallest absolute Gasteiger partial charge is 0.285 e. The number of hydrogen-bond donors (Lipinski definition) is 1. The van der Waals surface area contributed by atoms with E-state index in [1.807, 2.05) is 44.2 Å². The van der Waals surface area contributed by atoms with E-state index in [2.05, 4.69) is 21.4 Å². The molecule has 1 N–H and O–H groups in total. The van der Waals surface area contributed by atoms with Crippen LogP contribution in [0.3, 0.4) is 0 Å². The van der Waals surface area contributed by atoms with Crippen LogP contribution in [0, 0.1) is 6.92 Å². The van der Waals surface area contributed by atoms with Crippen molar-refractivity contribution in [2.24, 2.45) is 0 Å². The molecule has 0 atom stereocenters. The van der Waals surface area contributed by atoms with Crippen molar-refractivity contribution in [3.63, 3.8) is 0 Å². The van der Waals surface area contributed by atoms with Crippen LogP contribution in [-0.2, 0) is 11.4 Å². The number of benzene rings is 3. The Morgan fingerprint density at radius 3 is 2.68 bits per heavy atom. The fourth-order valence-corrected chi connectivity index (χ4v) is 5.45. The van der Waals surface area contributed by atoms with Gasteiger partial charge in [0.05, 0.1) is 16.0 Å². The fourth-order valence-electron chi connectivity index (χ4n) is 3.51. The maximum absolute atomic E-state index is 13.0. The van der Waals surface area contributed by atoms with Crippen LogP contribution in [-0.4, -0.2) is 27.8 Å². The molecule has 0 bridgehead atoms. The maximum Gasteiger partial charge on any atom is 0.285 e. The SMILES string of the molecule is CCOc1cc(/C=C2\SC(=S)N(NC(=O)c3cccc(Cl)c3)C2=O)cc(Br)c1OCc1ccccc1C. The summed E-state index contributed by atoms with van der Waals surface area (Å²) in [5.74, 6) is 0.195. The molecular weight excluding hydrogens is 596 g/mol. The molecule has 6 nitrogen and oxygen atoms in total. The molecule has 0 spiro atoms. The normalized spacial score (nSPS) is 14.3. The van der Waals surface area contributed by atoms with E-state index in [1.165, 1.54) is 6.07 Å². The van der Waals surface area contributed by atoms with Crippen LogP contribution < -0.4 is 14.9 Å². The molecule has 1 aliphatic rings. The molecule has 0 saturated carbocycles. The van der Waals surface area contributed by atoms with E-state index in [1.54, 1.807) is 30.3 Å². The van der Waals surface area contributed by atoms with E-state index >= 15 is 0 Å². The van der Waals surface area contributed by atoms with Gasteiger partial charge in [0.2, 0.25) is 0 Å². The molecule has 2 amide bonds. The van der Waals surface area contributed by atoms with Crippen molar-refractivity contribution in [1.82, 2.24) is 10.4 Å². The number of carbonyl (C=O) groups excluding carboxylic acids is 2. The van der Waals surface area contributed by atoms with Crippen LogP contribution in [0.2, 0.25) is 5.02 Å². The lowest BCUT2D eigenvalue weighted by atomic mass is 10.1. The molecule has 1 aliphatic heterocycles. The number of thioether (sulfide) groups is 1. The number of amides is 2. The predicted molar refractivity (Wildman–Crippen MR) is 155 cm³/mol. The van der Waals surface area contributed by atoms with Gasteiger partial charge in [0.1, 0.15) is 6.61 Å². The van der Waals surface area contributed by atoms with Gasteiger partial charge in [-0.15, -0.1) is 0 Å². The Morgan fingerprint density at radius 1 is 1.16 bits per heavy atom. The highest BCUT2D eigenvalue weighted by atomic mass is 79.9. The number of halogens is 2. The molecule has 1 saturated heterocycles. The van der Waals surface area contributed by atoms with Gasteiger partial charge >= 0.3 is 0 Å². The lowest BCUT2D eigenvalue weighted by Crippen LogP contribution is -2.44. The van der Waals surface area contributed by atoms with Crippen molar-refractivity contribution in [2.75, 3.05) is 6.61 Å². The van der Waals surface area contributed by atoms with Gasteiger partial charge in [0, 0.05) is 10.6 Å². The van der Waals surface area contributed by atoms with Crippen LogP contribution in [0.1, 0.15) is 34.0 Å². The van der Waals surface area contributed by atoms with Gasteiger partial charge in [0.25, 0.3) is 11.8 Å². The van der Waals surface area contributed by atoms with E-state index in [-0.39, 0.29) is 4.32 Å². The summed E-state index contributed by atoms with van der Waals surface area (Å²) >= 11 is 16.0. The van der Waals surface area contributed by atoms with Crippen molar-refractivity contribution in [3.05, 3.63) is 97.3 Å². The van der Waals surface area contributed by atoms with Gasteiger partial charge in [-0.1, -0.05) is 53.7 Å². The molecule has 0 unspecified atom stereocenters. The highest BCUT2D eigenvalue weighted by molar-refractivity contribution is 9.10. The van der Waals surface area contributed by atoms with E-state index in [9.17, 15) is 9.59 Å². The van der Waals surface area contributed by atoms with E-state index in [0.29, 0.717) is 50.2 Å². The third-order valence-electron chi connectivity index (χ3n) is 5.36. The lowest BCUT2D eigenvalue weighted by Gasteiger charge is -2.16. The molecular formula is C27H22BrClN2O4S2. The van der Waals surface area contributed by atoms with Gasteiger partial charge < -0.3 is 9.47 Å². The minimum absolute atomic E-state index is 0.217. The number of nitrogens with zero attached hydrogens (tertiary/aromatic N) is 1. The second-order valence-electron chi connectivity index (χ2n) is 7.95. The number of thiocarbonyl (C=S) groups is 1. The molecule has 1 fully saturated rings. The Balaban J connectivity index is 1.54. The zero-order chi connectivity index (χ0) is 26.5. The molecule has 3 aromatic rings. The molecule has 4 rings (SSSR count). The Bertz CT molecular complexity index is 1410. The third-order valence-corrected chi connectivity index (χ3v) is 7.48. The summed E-state index contributed by atoms with van der Waals surface area (Å²) in [6, 6.07) is 18.1. The second kappa shape index (κ2) is 12.1. The van der Waals surface area contributed by atoms with Crippen LogP contribution >= 0.6 is 51.5 Å². The average Bonchev–Trinajstić information content (AvgIpc) is 3.12. The monoisotopic (exact) mass is 616 g/mol. The second-order valence-corrected chi connectivity index (χ2v) is 10.9. The number of rotatable bonds is 8. The number of nitrogens with one attached hydrogen (secondary N) is 1. The van der Waals surface area contributed by atoms with Crippen LogP contribution in [0.25, 0.3) is 6.08 Å². The minimum atomic E-state index is -0.489. The third kappa shape index (κ3) is 6.54. The Hall–Kier alpha value is -2.85. The molecule has 190 valence electrons. The zero-order valence-electron chi connectivity index (χ0n) is 19.9. The van der Waals surface area contributed by atoms with Crippen LogP contribution in [0.5, 0.6) is 11.5 Å². The summed E-state index contributed by atoms with van der Waals surface area (Å²) in [6.45, 7) is 4.75. The van der Waals surface area contributed by atoms with E-state index < -0.39 is 11.8 Å². The van der Waals surface area contributed by atoms with Crippen LogP contribution in [0.4, 0.5) is 0 Å². The summed E-state index contributed by atoms with van der Waals surface area (Å²) in [5.41, 5.74) is 5.79. The summed E-state index contributed by atoms with van der Waals surface area (Å²) in [5, 5.41) is 1.48. The molecule has 0 radical (unpaired) electrons. The first-order valence-corrected chi connectivity index (χ1v) is 13.6. The van der Waals surface area contributed by atoms with Crippen molar-refractivity contribution in [1.29, 1.82) is 0 Å². The summed E-state index contributed by atoms with van der Waals surface area (Å²) < 4.78 is 12.9. The number of ether oxygens (including phenoxy) is 2. The number of carbonyl (C=O) groups is 2. The topological polar surface area (TPSA) is 67.9 Å². The molecule has 10 heteroatoms. The first-order chi connectivity index (χ1) is 17.8. The van der Waals surface area contributed by atoms with E-state index in [4.69, 9.17) is 33.3 Å². The first-order valence-electron chi connectivity index (χ1n) is 11.2. The van der Waals surface area contributed by atoms with E-state index in [0.717, 1.165) is 27.9 Å².